The summed E-state index contributed by atoms with van der Waals surface area (Å²) in [6.45, 7) is 2.13. The molecule has 0 spiro atoms. The molecule has 1 saturated carbocycles. The summed E-state index contributed by atoms with van der Waals surface area (Å²) < 4.78 is 0. The molecular formula is C18H21NOS2. The maximum atomic E-state index is 12.6. The molecule has 4 heteroatoms. The summed E-state index contributed by atoms with van der Waals surface area (Å²) in [5.74, 6) is 1.64. The van der Waals surface area contributed by atoms with E-state index in [1.54, 1.807) is 23.1 Å². The van der Waals surface area contributed by atoms with Crippen molar-refractivity contribution < 1.29 is 4.79 Å². The number of hydrogen-bond acceptors (Lipinski definition) is 3. The van der Waals surface area contributed by atoms with Crippen molar-refractivity contribution in [3.63, 3.8) is 0 Å². The lowest BCUT2D eigenvalue weighted by molar-refractivity contribution is 0.0906. The molecule has 1 amide bonds. The maximum absolute atomic E-state index is 12.6. The second kappa shape index (κ2) is 7.34. The van der Waals surface area contributed by atoms with Gasteiger partial charge < -0.3 is 5.32 Å². The summed E-state index contributed by atoms with van der Waals surface area (Å²) in [5, 5.41) is 5.27. The zero-order valence-corrected chi connectivity index (χ0v) is 14.4. The molecule has 0 unspecified atom stereocenters. The van der Waals surface area contributed by atoms with E-state index >= 15 is 0 Å². The predicted molar refractivity (Wildman–Crippen MR) is 94.6 cm³/mol. The molecule has 116 valence electrons. The Morgan fingerprint density at radius 2 is 2.14 bits per heavy atom. The lowest BCUT2D eigenvalue weighted by Gasteiger charge is -2.32. The molecule has 1 heterocycles. The highest BCUT2D eigenvalue weighted by atomic mass is 32.2. The molecule has 1 aromatic heterocycles. The average Bonchev–Trinajstić information content (AvgIpc) is 2.96. The normalized spacial score (nSPS) is 16.0. The van der Waals surface area contributed by atoms with Crippen LogP contribution in [0.4, 0.5) is 0 Å². The van der Waals surface area contributed by atoms with Gasteiger partial charge in [-0.15, -0.1) is 23.1 Å². The van der Waals surface area contributed by atoms with E-state index in [-0.39, 0.29) is 11.9 Å². The standard InChI is InChI=1S/C18H21NOS2/c1-13(14-6-4-7-14)19-18(20)16-9-2-3-10-17(16)22-12-15-8-5-11-21-15/h2-3,5,8-11,13-14H,4,6-7,12H2,1H3,(H,19,20)/t13-/m1/s1. The van der Waals surface area contributed by atoms with Gasteiger partial charge in [-0.3, -0.25) is 4.79 Å². The number of hydrogen-bond donors (Lipinski definition) is 1. The molecule has 1 aliphatic rings. The summed E-state index contributed by atoms with van der Waals surface area (Å²) in [6.07, 6.45) is 3.80. The van der Waals surface area contributed by atoms with Crippen LogP contribution in [0.15, 0.2) is 46.7 Å². The van der Waals surface area contributed by atoms with Gasteiger partial charge in [0.15, 0.2) is 0 Å². The Labute approximate surface area is 140 Å². The molecule has 2 nitrogen and oxygen atoms in total. The van der Waals surface area contributed by atoms with Gasteiger partial charge in [0.2, 0.25) is 0 Å². The first kappa shape index (κ1) is 15.6. The Kier molecular flexibility index (Phi) is 5.21. The summed E-state index contributed by atoms with van der Waals surface area (Å²) in [4.78, 5) is 15.0. The Hall–Kier alpha value is -1.26. The van der Waals surface area contributed by atoms with Crippen LogP contribution < -0.4 is 5.32 Å². The van der Waals surface area contributed by atoms with Crippen molar-refractivity contribution >= 4 is 29.0 Å². The summed E-state index contributed by atoms with van der Waals surface area (Å²) >= 11 is 3.50. The summed E-state index contributed by atoms with van der Waals surface area (Å²) in [7, 11) is 0. The fourth-order valence-corrected chi connectivity index (χ4v) is 4.49. The molecule has 2 aromatic rings. The third-order valence-corrected chi connectivity index (χ3v) is 6.48. The highest BCUT2D eigenvalue weighted by Gasteiger charge is 2.25. The largest absolute Gasteiger partial charge is 0.349 e. The Bertz CT molecular complexity index is 620. The fourth-order valence-electron chi connectivity index (χ4n) is 2.67. The first-order valence-electron chi connectivity index (χ1n) is 7.79. The fraction of sp³-hybridized carbons (Fsp3) is 0.389. The maximum Gasteiger partial charge on any atom is 0.252 e. The Morgan fingerprint density at radius 3 is 2.82 bits per heavy atom. The van der Waals surface area contributed by atoms with Gasteiger partial charge in [0.05, 0.1) is 5.56 Å². The van der Waals surface area contributed by atoms with Crippen LogP contribution in [0.3, 0.4) is 0 Å². The number of benzene rings is 1. The van der Waals surface area contributed by atoms with Crippen molar-refractivity contribution in [3.8, 4) is 0 Å². The molecule has 1 fully saturated rings. The van der Waals surface area contributed by atoms with E-state index in [9.17, 15) is 4.79 Å². The number of thiophene rings is 1. The van der Waals surface area contributed by atoms with Crippen LogP contribution in [0.2, 0.25) is 0 Å². The molecule has 0 aliphatic heterocycles. The van der Waals surface area contributed by atoms with Crippen LogP contribution in [0.1, 0.15) is 41.4 Å². The number of nitrogens with one attached hydrogen (secondary N) is 1. The van der Waals surface area contributed by atoms with E-state index in [4.69, 9.17) is 0 Å². The minimum Gasteiger partial charge on any atom is -0.349 e. The molecular weight excluding hydrogens is 310 g/mol. The third kappa shape index (κ3) is 3.73. The third-order valence-electron chi connectivity index (χ3n) is 4.30. The van der Waals surface area contributed by atoms with Crippen molar-refractivity contribution in [1.82, 2.24) is 5.32 Å². The lowest BCUT2D eigenvalue weighted by atomic mass is 9.80. The van der Waals surface area contributed by atoms with E-state index in [2.05, 4.69) is 29.8 Å². The Morgan fingerprint density at radius 1 is 1.32 bits per heavy atom. The first-order chi connectivity index (χ1) is 10.7. The molecule has 22 heavy (non-hydrogen) atoms. The van der Waals surface area contributed by atoms with Crippen LogP contribution in [0.5, 0.6) is 0 Å². The monoisotopic (exact) mass is 331 g/mol. The van der Waals surface area contributed by atoms with Crippen molar-refractivity contribution in [1.29, 1.82) is 0 Å². The van der Waals surface area contributed by atoms with Crippen LogP contribution in [-0.4, -0.2) is 11.9 Å². The zero-order chi connectivity index (χ0) is 15.4. The summed E-state index contributed by atoms with van der Waals surface area (Å²) in [6, 6.07) is 12.4. The van der Waals surface area contributed by atoms with E-state index in [1.807, 2.05) is 24.3 Å². The van der Waals surface area contributed by atoms with E-state index < -0.39 is 0 Å². The van der Waals surface area contributed by atoms with Crippen LogP contribution in [0, 0.1) is 5.92 Å². The Balaban J connectivity index is 1.65. The van der Waals surface area contributed by atoms with Gasteiger partial charge in [0, 0.05) is 21.6 Å². The topological polar surface area (TPSA) is 29.1 Å². The van der Waals surface area contributed by atoms with Gasteiger partial charge in [-0.2, -0.15) is 0 Å². The quantitative estimate of drug-likeness (QED) is 0.758. The van der Waals surface area contributed by atoms with E-state index in [1.165, 1.54) is 24.1 Å². The van der Waals surface area contributed by atoms with Crippen LogP contribution in [0.25, 0.3) is 0 Å². The van der Waals surface area contributed by atoms with Gasteiger partial charge >= 0.3 is 0 Å². The van der Waals surface area contributed by atoms with Crippen LogP contribution in [-0.2, 0) is 5.75 Å². The minimum atomic E-state index is 0.0636. The molecule has 1 aromatic carbocycles. The van der Waals surface area contributed by atoms with E-state index in [0.717, 1.165) is 16.2 Å². The molecule has 0 saturated heterocycles. The first-order valence-corrected chi connectivity index (χ1v) is 9.65. The van der Waals surface area contributed by atoms with Gasteiger partial charge in [-0.25, -0.2) is 0 Å². The second-order valence-electron chi connectivity index (χ2n) is 5.82. The highest BCUT2D eigenvalue weighted by Crippen LogP contribution is 2.31. The van der Waals surface area contributed by atoms with Crippen molar-refractivity contribution in [3.05, 3.63) is 52.2 Å². The minimum absolute atomic E-state index is 0.0636. The molecule has 1 N–H and O–H groups in total. The number of thioether (sulfide) groups is 1. The highest BCUT2D eigenvalue weighted by molar-refractivity contribution is 7.98. The van der Waals surface area contributed by atoms with Gasteiger partial charge in [-0.1, -0.05) is 24.6 Å². The molecule has 1 aliphatic carbocycles. The number of amides is 1. The van der Waals surface area contributed by atoms with Gasteiger partial charge in [-0.05, 0) is 49.3 Å². The van der Waals surface area contributed by atoms with Crippen molar-refractivity contribution in [2.24, 2.45) is 5.92 Å². The molecule has 0 bridgehead atoms. The molecule has 1 atom stereocenters. The van der Waals surface area contributed by atoms with Gasteiger partial charge in [0.25, 0.3) is 5.91 Å². The molecule has 3 rings (SSSR count). The number of carbonyl (C=O) groups is 1. The number of rotatable bonds is 6. The smallest absolute Gasteiger partial charge is 0.252 e. The predicted octanol–water partition coefficient (Wildman–Crippen LogP) is 4.96. The molecule has 0 radical (unpaired) electrons. The average molecular weight is 332 g/mol. The lowest BCUT2D eigenvalue weighted by Crippen LogP contribution is -2.40. The van der Waals surface area contributed by atoms with Gasteiger partial charge in [0.1, 0.15) is 0 Å². The number of carbonyl (C=O) groups excluding carboxylic acids is 1. The summed E-state index contributed by atoms with van der Waals surface area (Å²) in [5.41, 5.74) is 0.801. The van der Waals surface area contributed by atoms with E-state index in [0.29, 0.717) is 5.92 Å². The van der Waals surface area contributed by atoms with Crippen molar-refractivity contribution in [2.45, 2.75) is 42.9 Å². The zero-order valence-electron chi connectivity index (χ0n) is 12.7. The van der Waals surface area contributed by atoms with Crippen molar-refractivity contribution in [2.75, 3.05) is 0 Å². The van der Waals surface area contributed by atoms with Crippen LogP contribution >= 0.6 is 23.1 Å². The SMILES string of the molecule is C[C@@H](NC(=O)c1ccccc1SCc1cccs1)C1CCC1. The second-order valence-corrected chi connectivity index (χ2v) is 7.87.